The summed E-state index contributed by atoms with van der Waals surface area (Å²) in [6.45, 7) is -3.40. The van der Waals surface area contributed by atoms with E-state index in [1.54, 1.807) is 17.6 Å². The van der Waals surface area contributed by atoms with Gasteiger partial charge < -0.3 is 14.8 Å². The van der Waals surface area contributed by atoms with Crippen molar-refractivity contribution in [1.29, 1.82) is 0 Å². The Labute approximate surface area is 168 Å². The van der Waals surface area contributed by atoms with E-state index < -0.39 is 25.1 Å². The van der Waals surface area contributed by atoms with Gasteiger partial charge in [-0.3, -0.25) is 14.6 Å². The van der Waals surface area contributed by atoms with Crippen LogP contribution in [0.3, 0.4) is 0 Å². The zero-order chi connectivity index (χ0) is 20.6. The third-order valence-corrected chi connectivity index (χ3v) is 4.40. The molecule has 0 saturated heterocycles. The van der Waals surface area contributed by atoms with Crippen molar-refractivity contribution >= 4 is 28.9 Å². The van der Waals surface area contributed by atoms with E-state index in [0.717, 1.165) is 0 Å². The molecule has 1 aromatic carbocycles. The van der Waals surface area contributed by atoms with Gasteiger partial charge in [0.15, 0.2) is 6.61 Å². The fourth-order valence-electron chi connectivity index (χ4n) is 2.26. The van der Waals surface area contributed by atoms with Crippen LogP contribution >= 0.6 is 11.3 Å². The molecule has 0 aliphatic carbocycles. The van der Waals surface area contributed by atoms with Gasteiger partial charge in [0.2, 0.25) is 0 Å². The van der Waals surface area contributed by atoms with E-state index in [9.17, 15) is 18.4 Å². The molecular formula is C19H15F2N3O4S. The number of pyridine rings is 1. The maximum absolute atomic E-state index is 12.1. The van der Waals surface area contributed by atoms with Gasteiger partial charge in [0.25, 0.3) is 5.91 Å². The fraction of sp³-hybridized carbons (Fsp3) is 0.158. The van der Waals surface area contributed by atoms with Gasteiger partial charge in [-0.2, -0.15) is 8.78 Å². The summed E-state index contributed by atoms with van der Waals surface area (Å²) in [6, 6.07) is 10.8. The van der Waals surface area contributed by atoms with Crippen molar-refractivity contribution in [3.8, 4) is 16.5 Å². The van der Waals surface area contributed by atoms with Crippen LogP contribution in [0.2, 0.25) is 0 Å². The molecule has 0 bridgehead atoms. The highest BCUT2D eigenvalue weighted by Gasteiger charge is 2.13. The molecule has 1 amide bonds. The molecular weight excluding hydrogens is 404 g/mol. The Bertz CT molecular complexity index is 965. The van der Waals surface area contributed by atoms with Gasteiger partial charge in [-0.15, -0.1) is 11.3 Å². The number of carbonyl (C=O) groups is 2. The molecule has 3 rings (SSSR count). The van der Waals surface area contributed by atoms with Crippen LogP contribution in [-0.2, 0) is 20.7 Å². The molecule has 0 radical (unpaired) electrons. The summed E-state index contributed by atoms with van der Waals surface area (Å²) in [5.74, 6) is -1.19. The Balaban J connectivity index is 1.44. The monoisotopic (exact) mass is 419 g/mol. The van der Waals surface area contributed by atoms with Crippen molar-refractivity contribution in [2.24, 2.45) is 0 Å². The number of carbonyl (C=O) groups excluding carboxylic acids is 2. The number of rotatable bonds is 8. The maximum atomic E-state index is 12.1. The van der Waals surface area contributed by atoms with Gasteiger partial charge in [-0.25, -0.2) is 4.98 Å². The van der Waals surface area contributed by atoms with Crippen LogP contribution in [0.1, 0.15) is 5.69 Å². The van der Waals surface area contributed by atoms with Crippen LogP contribution in [0.25, 0.3) is 10.7 Å². The largest absolute Gasteiger partial charge is 0.455 e. The molecule has 2 heterocycles. The van der Waals surface area contributed by atoms with Crippen molar-refractivity contribution in [1.82, 2.24) is 9.97 Å². The molecule has 0 aliphatic rings. The highest BCUT2D eigenvalue weighted by atomic mass is 32.1. The molecule has 0 atom stereocenters. The Morgan fingerprint density at radius 2 is 1.93 bits per heavy atom. The molecule has 0 unspecified atom stereocenters. The zero-order valence-electron chi connectivity index (χ0n) is 14.9. The number of hydrogen-bond acceptors (Lipinski definition) is 7. The number of aromatic nitrogens is 2. The van der Waals surface area contributed by atoms with Gasteiger partial charge >= 0.3 is 12.6 Å². The summed E-state index contributed by atoms with van der Waals surface area (Å²) in [6.07, 6.45) is 1.58. The third-order valence-electron chi connectivity index (χ3n) is 3.49. The number of hydrogen-bond donors (Lipinski definition) is 1. The quantitative estimate of drug-likeness (QED) is 0.562. The fourth-order valence-corrected chi connectivity index (χ4v) is 3.05. The second-order valence-corrected chi connectivity index (χ2v) is 6.51. The molecule has 0 spiro atoms. The first kappa shape index (κ1) is 20.3. The number of benzene rings is 1. The predicted molar refractivity (Wildman–Crippen MR) is 102 cm³/mol. The Morgan fingerprint density at radius 3 is 2.62 bits per heavy atom. The number of alkyl halides is 2. The first-order valence-electron chi connectivity index (χ1n) is 8.36. The van der Waals surface area contributed by atoms with E-state index in [2.05, 4.69) is 20.0 Å². The van der Waals surface area contributed by atoms with Crippen molar-refractivity contribution < 1.29 is 27.8 Å². The average molecular weight is 419 g/mol. The Morgan fingerprint density at radius 1 is 1.14 bits per heavy atom. The lowest BCUT2D eigenvalue weighted by Gasteiger charge is -2.08. The minimum atomic E-state index is -2.92. The minimum absolute atomic E-state index is 0.0299. The lowest BCUT2D eigenvalue weighted by atomic mass is 10.3. The Hall–Kier alpha value is -3.40. The average Bonchev–Trinajstić information content (AvgIpc) is 3.17. The topological polar surface area (TPSA) is 90.4 Å². The van der Waals surface area contributed by atoms with Crippen molar-refractivity contribution in [3.05, 3.63) is 59.7 Å². The van der Waals surface area contributed by atoms with Crippen molar-refractivity contribution in [2.45, 2.75) is 13.0 Å². The molecule has 0 fully saturated rings. The van der Waals surface area contributed by atoms with Gasteiger partial charge in [-0.05, 0) is 36.4 Å². The number of thiazole rings is 1. The zero-order valence-corrected chi connectivity index (χ0v) is 15.7. The number of amides is 1. The van der Waals surface area contributed by atoms with Crippen LogP contribution in [0.5, 0.6) is 5.75 Å². The number of ether oxygens (including phenoxy) is 2. The number of esters is 1. The summed E-state index contributed by atoms with van der Waals surface area (Å²) < 4.78 is 33.4. The van der Waals surface area contributed by atoms with Crippen LogP contribution < -0.4 is 10.1 Å². The molecule has 29 heavy (non-hydrogen) atoms. The van der Waals surface area contributed by atoms with E-state index in [1.165, 1.54) is 35.6 Å². The second kappa shape index (κ2) is 9.69. The minimum Gasteiger partial charge on any atom is -0.455 e. The van der Waals surface area contributed by atoms with E-state index >= 15 is 0 Å². The van der Waals surface area contributed by atoms with E-state index in [0.29, 0.717) is 22.1 Å². The smallest absolute Gasteiger partial charge is 0.387 e. The molecule has 0 aliphatic heterocycles. The summed E-state index contributed by atoms with van der Waals surface area (Å²) in [5, 5.41) is 4.90. The molecule has 10 heteroatoms. The van der Waals surface area contributed by atoms with E-state index in [4.69, 9.17) is 4.74 Å². The highest BCUT2D eigenvalue weighted by molar-refractivity contribution is 7.13. The van der Waals surface area contributed by atoms with Crippen LogP contribution in [0.4, 0.5) is 14.5 Å². The molecule has 7 nitrogen and oxygen atoms in total. The van der Waals surface area contributed by atoms with Crippen LogP contribution in [0.15, 0.2) is 54.0 Å². The number of nitrogens with zero attached hydrogens (tertiary/aromatic N) is 2. The highest BCUT2D eigenvalue weighted by Crippen LogP contribution is 2.21. The lowest BCUT2D eigenvalue weighted by Crippen LogP contribution is -2.21. The Kier molecular flexibility index (Phi) is 6.80. The van der Waals surface area contributed by atoms with Gasteiger partial charge in [0.05, 0.1) is 17.8 Å². The number of nitrogens with one attached hydrogen (secondary N) is 1. The van der Waals surface area contributed by atoms with Crippen LogP contribution in [0, 0.1) is 0 Å². The van der Waals surface area contributed by atoms with Gasteiger partial charge in [0, 0.05) is 17.3 Å². The lowest BCUT2D eigenvalue weighted by molar-refractivity contribution is -0.146. The summed E-state index contributed by atoms with van der Waals surface area (Å²) in [7, 11) is 0. The van der Waals surface area contributed by atoms with Crippen LogP contribution in [-0.4, -0.2) is 35.1 Å². The molecule has 150 valence electrons. The molecule has 2 aromatic heterocycles. The summed E-state index contributed by atoms with van der Waals surface area (Å²) >= 11 is 1.36. The summed E-state index contributed by atoms with van der Waals surface area (Å²) in [4.78, 5) is 32.3. The van der Waals surface area contributed by atoms with E-state index in [1.807, 2.05) is 12.1 Å². The molecule has 0 saturated carbocycles. The maximum Gasteiger partial charge on any atom is 0.387 e. The SMILES string of the molecule is O=C(COC(=O)Cc1csc(-c2ccccn2)n1)Nc1ccc(OC(F)F)cc1. The summed E-state index contributed by atoms with van der Waals surface area (Å²) in [5.41, 5.74) is 1.59. The van der Waals surface area contributed by atoms with Crippen molar-refractivity contribution in [2.75, 3.05) is 11.9 Å². The third kappa shape index (κ3) is 6.32. The van der Waals surface area contributed by atoms with E-state index in [-0.39, 0.29) is 12.2 Å². The molecule has 3 aromatic rings. The second-order valence-electron chi connectivity index (χ2n) is 5.65. The predicted octanol–water partition coefficient (Wildman–Crippen LogP) is 3.53. The van der Waals surface area contributed by atoms with Gasteiger partial charge in [-0.1, -0.05) is 6.07 Å². The number of anilines is 1. The first-order valence-corrected chi connectivity index (χ1v) is 9.24. The van der Waals surface area contributed by atoms with Gasteiger partial charge in [0.1, 0.15) is 10.8 Å². The number of halogens is 2. The molecule has 1 N–H and O–H groups in total. The van der Waals surface area contributed by atoms with Crippen molar-refractivity contribution in [3.63, 3.8) is 0 Å². The standard InChI is InChI=1S/C19H15F2N3O4S/c20-19(21)28-14-6-4-12(5-7-14)23-16(25)10-27-17(26)9-13-11-29-18(24-13)15-3-1-2-8-22-15/h1-8,11,19H,9-10H2,(H,23,25). The first-order chi connectivity index (χ1) is 14.0. The normalized spacial score (nSPS) is 10.6.